The number of hydrogen-bond donors (Lipinski definition) is 1. The first kappa shape index (κ1) is 25.7. The highest BCUT2D eigenvalue weighted by Gasteiger charge is 2.29. The molecule has 5 rings (SSSR count). The van der Waals surface area contributed by atoms with Gasteiger partial charge in [0.05, 0.1) is 29.3 Å². The molecule has 4 aromatic heterocycles. The van der Waals surface area contributed by atoms with Crippen molar-refractivity contribution in [3.05, 3.63) is 60.7 Å². The van der Waals surface area contributed by atoms with Crippen LogP contribution in [0.15, 0.2) is 55.1 Å². The molecule has 1 saturated heterocycles. The lowest BCUT2D eigenvalue weighted by atomic mass is 10.1. The molecule has 0 aliphatic carbocycles. The third-order valence-electron chi connectivity index (χ3n) is 7.19. The Morgan fingerprint density at radius 1 is 1.13 bits per heavy atom. The monoisotopic (exact) mass is 514 g/mol. The zero-order valence-electron chi connectivity index (χ0n) is 22.3. The van der Waals surface area contributed by atoms with Gasteiger partial charge in [0.2, 0.25) is 0 Å². The lowest BCUT2D eigenvalue weighted by molar-refractivity contribution is 0.0783. The molecule has 1 amide bonds. The number of nitrogens with zero attached hydrogens (tertiary/aromatic N) is 7. The maximum absolute atomic E-state index is 13.3. The average Bonchev–Trinajstić information content (AvgIpc) is 3.35. The summed E-state index contributed by atoms with van der Waals surface area (Å²) < 4.78 is 7.18. The molecule has 0 saturated carbocycles. The molecule has 198 valence electrons. The molecule has 1 unspecified atom stereocenters. The number of pyridine rings is 2. The fourth-order valence-corrected chi connectivity index (χ4v) is 4.77. The normalized spacial score (nSPS) is 14.6. The number of ether oxygens (including phenoxy) is 1. The van der Waals surface area contributed by atoms with Crippen molar-refractivity contribution in [3.8, 4) is 22.5 Å². The van der Waals surface area contributed by atoms with Crippen molar-refractivity contribution in [3.63, 3.8) is 0 Å². The first-order valence-corrected chi connectivity index (χ1v) is 13.1. The molecular weight excluding hydrogens is 480 g/mol. The molecule has 0 aromatic carbocycles. The summed E-state index contributed by atoms with van der Waals surface area (Å²) in [5, 5.41) is 7.61. The van der Waals surface area contributed by atoms with Crippen LogP contribution in [0.25, 0.3) is 28.2 Å². The minimum atomic E-state index is -0.125. The van der Waals surface area contributed by atoms with Crippen LogP contribution in [0.3, 0.4) is 0 Å². The maximum Gasteiger partial charge on any atom is 0.251 e. The fourth-order valence-electron chi connectivity index (χ4n) is 4.77. The Kier molecular flexibility index (Phi) is 7.62. The van der Waals surface area contributed by atoms with E-state index in [0.29, 0.717) is 23.4 Å². The summed E-state index contributed by atoms with van der Waals surface area (Å²) in [5.74, 6) is 0.613. The van der Waals surface area contributed by atoms with Crippen LogP contribution in [0.1, 0.15) is 31.1 Å². The van der Waals surface area contributed by atoms with Crippen molar-refractivity contribution in [2.24, 2.45) is 0 Å². The summed E-state index contributed by atoms with van der Waals surface area (Å²) >= 11 is 0. The Morgan fingerprint density at radius 3 is 2.61 bits per heavy atom. The van der Waals surface area contributed by atoms with Crippen molar-refractivity contribution >= 4 is 17.4 Å². The molecule has 10 nitrogen and oxygen atoms in total. The SMILES string of the molecule is CCN(CC)C(C)CNC(=O)c1cc(-c2cnn3ccc(-c4ccncc4)nc23)nc(N2CC(OC)C2)c1. The van der Waals surface area contributed by atoms with Gasteiger partial charge in [-0.25, -0.2) is 14.5 Å². The lowest BCUT2D eigenvalue weighted by Gasteiger charge is -2.39. The van der Waals surface area contributed by atoms with Crippen molar-refractivity contribution in [1.82, 2.24) is 34.8 Å². The van der Waals surface area contributed by atoms with E-state index < -0.39 is 0 Å². The van der Waals surface area contributed by atoms with Gasteiger partial charge in [-0.1, -0.05) is 13.8 Å². The summed E-state index contributed by atoms with van der Waals surface area (Å²) in [6.07, 6.45) is 7.29. The van der Waals surface area contributed by atoms with E-state index in [4.69, 9.17) is 14.7 Å². The number of hydrogen-bond acceptors (Lipinski definition) is 8. The summed E-state index contributed by atoms with van der Waals surface area (Å²) in [4.78, 5) is 31.7. The van der Waals surface area contributed by atoms with Crippen LogP contribution in [0.2, 0.25) is 0 Å². The topological polar surface area (TPSA) is 101 Å². The molecule has 1 fully saturated rings. The molecule has 1 aliphatic rings. The van der Waals surface area contributed by atoms with Crippen LogP contribution in [-0.2, 0) is 4.74 Å². The highest BCUT2D eigenvalue weighted by atomic mass is 16.5. The van der Waals surface area contributed by atoms with Crippen molar-refractivity contribution in [2.75, 3.05) is 44.7 Å². The first-order valence-electron chi connectivity index (χ1n) is 13.1. The van der Waals surface area contributed by atoms with Gasteiger partial charge in [0.1, 0.15) is 5.82 Å². The Hall–Kier alpha value is -3.89. The van der Waals surface area contributed by atoms with E-state index in [9.17, 15) is 4.79 Å². The molecule has 10 heteroatoms. The Balaban J connectivity index is 1.49. The number of carbonyl (C=O) groups is 1. The van der Waals surface area contributed by atoms with Crippen LogP contribution in [-0.4, -0.2) is 87.4 Å². The van der Waals surface area contributed by atoms with Gasteiger partial charge in [0.25, 0.3) is 5.91 Å². The predicted molar refractivity (Wildman–Crippen MR) is 147 cm³/mol. The largest absolute Gasteiger partial charge is 0.378 e. The molecule has 38 heavy (non-hydrogen) atoms. The minimum absolute atomic E-state index is 0.125. The van der Waals surface area contributed by atoms with Gasteiger partial charge in [-0.2, -0.15) is 5.10 Å². The molecule has 0 radical (unpaired) electrons. The van der Waals surface area contributed by atoms with Gasteiger partial charge < -0.3 is 15.0 Å². The van der Waals surface area contributed by atoms with Crippen LogP contribution < -0.4 is 10.2 Å². The van der Waals surface area contributed by atoms with Gasteiger partial charge in [0.15, 0.2) is 5.65 Å². The third kappa shape index (κ3) is 5.23. The Bertz CT molecular complexity index is 1400. The highest BCUT2D eigenvalue weighted by Crippen LogP contribution is 2.29. The van der Waals surface area contributed by atoms with Gasteiger partial charge in [-0.15, -0.1) is 0 Å². The molecule has 1 atom stereocenters. The zero-order valence-corrected chi connectivity index (χ0v) is 22.3. The number of aromatic nitrogens is 5. The van der Waals surface area contributed by atoms with E-state index in [0.717, 1.165) is 48.8 Å². The van der Waals surface area contributed by atoms with Crippen LogP contribution >= 0.6 is 0 Å². The zero-order chi connectivity index (χ0) is 26.6. The standard InChI is InChI=1S/C28H34N8O2/c1-5-34(6-2)19(3)15-30-28(37)21-13-25(32-26(14-21)35-17-22(18-35)38-4)23-16-31-36-12-9-24(33-27(23)36)20-7-10-29-11-8-20/h7-14,16,19,22H,5-6,15,17-18H2,1-4H3,(H,30,37). The van der Waals surface area contributed by atoms with E-state index in [-0.39, 0.29) is 18.1 Å². The number of nitrogens with one attached hydrogen (secondary N) is 1. The van der Waals surface area contributed by atoms with Gasteiger partial charge >= 0.3 is 0 Å². The number of amides is 1. The van der Waals surface area contributed by atoms with E-state index in [1.54, 1.807) is 30.2 Å². The number of rotatable bonds is 10. The average molecular weight is 515 g/mol. The van der Waals surface area contributed by atoms with E-state index in [1.165, 1.54) is 0 Å². The summed E-state index contributed by atoms with van der Waals surface area (Å²) in [6.45, 7) is 10.3. The summed E-state index contributed by atoms with van der Waals surface area (Å²) in [6, 6.07) is 9.68. The number of anilines is 1. The minimum Gasteiger partial charge on any atom is -0.378 e. The van der Waals surface area contributed by atoms with Crippen LogP contribution in [0.4, 0.5) is 5.82 Å². The number of carbonyl (C=O) groups excluding carboxylic acids is 1. The Labute approximate surface area is 222 Å². The van der Waals surface area contributed by atoms with E-state index >= 15 is 0 Å². The smallest absolute Gasteiger partial charge is 0.251 e. The van der Waals surface area contributed by atoms with E-state index in [2.05, 4.69) is 46.0 Å². The summed E-state index contributed by atoms with van der Waals surface area (Å²) in [5.41, 5.74) is 4.42. The number of methoxy groups -OCH3 is 1. The van der Waals surface area contributed by atoms with Crippen molar-refractivity contribution in [2.45, 2.75) is 32.9 Å². The molecule has 1 aliphatic heterocycles. The number of likely N-dealkylation sites (N-methyl/N-ethyl adjacent to an activating group) is 1. The van der Waals surface area contributed by atoms with Gasteiger partial charge in [-0.3, -0.25) is 14.7 Å². The molecular formula is C28H34N8O2. The van der Waals surface area contributed by atoms with E-state index in [1.807, 2.05) is 36.5 Å². The predicted octanol–water partition coefficient (Wildman–Crippen LogP) is 3.15. The quantitative estimate of drug-likeness (QED) is 0.345. The van der Waals surface area contributed by atoms with Crippen LogP contribution in [0, 0.1) is 0 Å². The fraction of sp³-hybridized carbons (Fsp3) is 0.393. The maximum atomic E-state index is 13.3. The molecule has 0 bridgehead atoms. The first-order chi connectivity index (χ1) is 18.5. The Morgan fingerprint density at radius 2 is 1.89 bits per heavy atom. The van der Waals surface area contributed by atoms with Crippen molar-refractivity contribution in [1.29, 1.82) is 0 Å². The molecule has 1 N–H and O–H groups in total. The molecule has 5 heterocycles. The molecule has 4 aromatic rings. The second kappa shape index (κ2) is 11.2. The van der Waals surface area contributed by atoms with Crippen molar-refractivity contribution < 1.29 is 9.53 Å². The van der Waals surface area contributed by atoms with Gasteiger partial charge in [0, 0.05) is 62.5 Å². The summed E-state index contributed by atoms with van der Waals surface area (Å²) in [7, 11) is 1.72. The second-order valence-corrected chi connectivity index (χ2v) is 9.52. The van der Waals surface area contributed by atoms with Gasteiger partial charge in [-0.05, 0) is 50.3 Å². The highest BCUT2D eigenvalue weighted by molar-refractivity contribution is 5.96. The third-order valence-corrected chi connectivity index (χ3v) is 7.19. The lowest BCUT2D eigenvalue weighted by Crippen LogP contribution is -2.52. The van der Waals surface area contributed by atoms with Crippen LogP contribution in [0.5, 0.6) is 0 Å². The molecule has 0 spiro atoms. The number of fused-ring (bicyclic) bond motifs is 1. The second-order valence-electron chi connectivity index (χ2n) is 9.52.